The molecule has 1 aliphatic rings. The lowest BCUT2D eigenvalue weighted by Gasteiger charge is -2.46. The van der Waals surface area contributed by atoms with Crippen LogP contribution in [0.5, 0.6) is 0 Å². The van der Waals surface area contributed by atoms with E-state index in [2.05, 4.69) is 89.8 Å². The monoisotopic (exact) mass is 415 g/mol. The summed E-state index contributed by atoms with van der Waals surface area (Å²) in [5.74, 6) is 0. The van der Waals surface area contributed by atoms with E-state index in [0.29, 0.717) is 19.8 Å². The van der Waals surface area contributed by atoms with Gasteiger partial charge in [-0.3, -0.25) is 4.90 Å². The number of hydrogen-bond donors (Lipinski definition) is 0. The first-order valence-electron chi connectivity index (χ1n) is 11.4. The van der Waals surface area contributed by atoms with Gasteiger partial charge in [0.25, 0.3) is 0 Å². The molecular formula is C28H33NO2. The summed E-state index contributed by atoms with van der Waals surface area (Å²) >= 11 is 0. The first-order valence-corrected chi connectivity index (χ1v) is 11.4. The molecule has 1 heterocycles. The normalized spacial score (nSPS) is 19.4. The Labute approximate surface area is 186 Å². The van der Waals surface area contributed by atoms with E-state index in [4.69, 9.17) is 9.47 Å². The molecule has 3 nitrogen and oxygen atoms in total. The molecule has 162 valence electrons. The molecule has 0 radical (unpaired) electrons. The van der Waals surface area contributed by atoms with E-state index in [-0.39, 0.29) is 5.72 Å². The van der Waals surface area contributed by atoms with Crippen molar-refractivity contribution in [2.45, 2.75) is 44.6 Å². The van der Waals surface area contributed by atoms with Crippen molar-refractivity contribution < 1.29 is 9.47 Å². The van der Waals surface area contributed by atoms with Gasteiger partial charge < -0.3 is 9.47 Å². The fourth-order valence-corrected chi connectivity index (χ4v) is 4.35. The Morgan fingerprint density at radius 1 is 0.677 bits per heavy atom. The minimum absolute atomic E-state index is 0.377. The van der Waals surface area contributed by atoms with E-state index in [1.807, 2.05) is 6.07 Å². The van der Waals surface area contributed by atoms with Crippen LogP contribution in [0.3, 0.4) is 0 Å². The van der Waals surface area contributed by atoms with Gasteiger partial charge in [0.1, 0.15) is 5.72 Å². The molecule has 0 amide bonds. The van der Waals surface area contributed by atoms with Crippen LogP contribution in [0.1, 0.15) is 36.0 Å². The van der Waals surface area contributed by atoms with Crippen LogP contribution in [0.2, 0.25) is 0 Å². The van der Waals surface area contributed by atoms with Crippen molar-refractivity contribution in [2.75, 3.05) is 19.7 Å². The number of ether oxygens (including phenoxy) is 2. The van der Waals surface area contributed by atoms with Crippen LogP contribution in [0.25, 0.3) is 0 Å². The number of likely N-dealkylation sites (tertiary alicyclic amines) is 1. The lowest BCUT2D eigenvalue weighted by molar-refractivity contribution is -0.214. The minimum atomic E-state index is -0.377. The smallest absolute Gasteiger partial charge is 0.145 e. The van der Waals surface area contributed by atoms with Crippen molar-refractivity contribution in [3.63, 3.8) is 0 Å². The zero-order valence-corrected chi connectivity index (χ0v) is 18.3. The molecule has 31 heavy (non-hydrogen) atoms. The molecule has 4 rings (SSSR count). The molecular weight excluding hydrogens is 382 g/mol. The zero-order valence-electron chi connectivity index (χ0n) is 18.3. The van der Waals surface area contributed by atoms with E-state index in [9.17, 15) is 0 Å². The Bertz CT molecular complexity index is 885. The second kappa shape index (κ2) is 11.2. The van der Waals surface area contributed by atoms with E-state index >= 15 is 0 Å². The van der Waals surface area contributed by atoms with E-state index in [1.165, 1.54) is 29.5 Å². The third kappa shape index (κ3) is 6.27. The van der Waals surface area contributed by atoms with Gasteiger partial charge >= 0.3 is 0 Å². The third-order valence-electron chi connectivity index (χ3n) is 6.12. The fraction of sp³-hybridized carbons (Fsp3) is 0.357. The van der Waals surface area contributed by atoms with Crippen LogP contribution in [-0.4, -0.2) is 30.3 Å². The first kappa shape index (κ1) is 21.8. The van der Waals surface area contributed by atoms with Gasteiger partial charge in [0.15, 0.2) is 0 Å². The summed E-state index contributed by atoms with van der Waals surface area (Å²) in [4.78, 5) is 2.53. The van der Waals surface area contributed by atoms with E-state index < -0.39 is 0 Å². The Hall–Kier alpha value is -2.46. The molecule has 0 aliphatic carbocycles. The number of piperidine rings is 1. The summed E-state index contributed by atoms with van der Waals surface area (Å²) in [6.07, 6.45) is 4.41. The molecule has 3 aromatic rings. The molecule has 0 N–H and O–H groups in total. The molecule has 1 fully saturated rings. The quantitative estimate of drug-likeness (QED) is 0.415. The summed E-state index contributed by atoms with van der Waals surface area (Å²) in [6, 6.07) is 31.6. The molecule has 0 aromatic heterocycles. The molecule has 1 saturated heterocycles. The highest BCUT2D eigenvalue weighted by Crippen LogP contribution is 2.31. The van der Waals surface area contributed by atoms with Crippen molar-refractivity contribution in [3.05, 3.63) is 108 Å². The van der Waals surface area contributed by atoms with Crippen LogP contribution >= 0.6 is 0 Å². The molecule has 1 unspecified atom stereocenters. The molecule has 3 aromatic carbocycles. The van der Waals surface area contributed by atoms with Crippen molar-refractivity contribution in [3.8, 4) is 0 Å². The van der Waals surface area contributed by atoms with Gasteiger partial charge in [-0.2, -0.15) is 0 Å². The highest BCUT2D eigenvalue weighted by atomic mass is 16.6. The van der Waals surface area contributed by atoms with E-state index in [1.54, 1.807) is 0 Å². The molecule has 1 aliphatic heterocycles. The lowest BCUT2D eigenvalue weighted by atomic mass is 9.97. The molecule has 3 heteroatoms. The van der Waals surface area contributed by atoms with Crippen LogP contribution in [0, 0.1) is 0 Å². The van der Waals surface area contributed by atoms with Gasteiger partial charge in [0, 0.05) is 13.1 Å². The first-order chi connectivity index (χ1) is 15.3. The predicted molar refractivity (Wildman–Crippen MR) is 126 cm³/mol. The molecule has 0 spiro atoms. The maximum atomic E-state index is 6.70. The second-order valence-electron chi connectivity index (χ2n) is 8.38. The average Bonchev–Trinajstić information content (AvgIpc) is 2.84. The Morgan fingerprint density at radius 2 is 1.26 bits per heavy atom. The van der Waals surface area contributed by atoms with E-state index in [0.717, 1.165) is 25.9 Å². The van der Waals surface area contributed by atoms with Gasteiger partial charge in [-0.25, -0.2) is 0 Å². The lowest BCUT2D eigenvalue weighted by Crippen LogP contribution is -2.57. The van der Waals surface area contributed by atoms with Crippen molar-refractivity contribution in [1.29, 1.82) is 0 Å². The maximum Gasteiger partial charge on any atom is 0.145 e. The van der Waals surface area contributed by atoms with Crippen molar-refractivity contribution in [1.82, 2.24) is 4.90 Å². The zero-order chi connectivity index (χ0) is 21.2. The summed E-state index contributed by atoms with van der Waals surface area (Å²) in [5, 5.41) is 0. The molecule has 0 bridgehead atoms. The number of nitrogens with zero attached hydrogens (tertiary/aromatic N) is 1. The largest absolute Gasteiger partial charge is 0.372 e. The second-order valence-corrected chi connectivity index (χ2v) is 8.38. The molecule has 1 atom stereocenters. The van der Waals surface area contributed by atoms with Gasteiger partial charge in [0.2, 0.25) is 0 Å². The third-order valence-corrected chi connectivity index (χ3v) is 6.12. The van der Waals surface area contributed by atoms with Crippen LogP contribution in [0.15, 0.2) is 91.0 Å². The van der Waals surface area contributed by atoms with Gasteiger partial charge in [0.05, 0.1) is 19.8 Å². The number of hydrogen-bond acceptors (Lipinski definition) is 3. The van der Waals surface area contributed by atoms with Crippen LogP contribution < -0.4 is 0 Å². The summed E-state index contributed by atoms with van der Waals surface area (Å²) in [6.45, 7) is 3.84. The Kier molecular flexibility index (Phi) is 7.89. The SMILES string of the molecule is c1ccc(CCN2CCCCC2(COCc2ccccc2)OCc2ccccc2)cc1. The highest BCUT2D eigenvalue weighted by Gasteiger charge is 2.40. The predicted octanol–water partition coefficient (Wildman–Crippen LogP) is 5.84. The van der Waals surface area contributed by atoms with Crippen LogP contribution in [0.4, 0.5) is 0 Å². The Morgan fingerprint density at radius 3 is 1.90 bits per heavy atom. The minimum Gasteiger partial charge on any atom is -0.372 e. The fourth-order valence-electron chi connectivity index (χ4n) is 4.35. The number of benzene rings is 3. The summed E-state index contributed by atoms with van der Waals surface area (Å²) in [7, 11) is 0. The van der Waals surface area contributed by atoms with Gasteiger partial charge in [-0.1, -0.05) is 91.0 Å². The number of rotatable bonds is 10. The molecule has 0 saturated carbocycles. The average molecular weight is 416 g/mol. The maximum absolute atomic E-state index is 6.70. The van der Waals surface area contributed by atoms with Crippen molar-refractivity contribution in [2.24, 2.45) is 0 Å². The Balaban J connectivity index is 1.46. The highest BCUT2D eigenvalue weighted by molar-refractivity contribution is 5.16. The summed E-state index contributed by atoms with van der Waals surface area (Å²) < 4.78 is 13.0. The van der Waals surface area contributed by atoms with Crippen molar-refractivity contribution >= 4 is 0 Å². The summed E-state index contributed by atoms with van der Waals surface area (Å²) in [5.41, 5.74) is 3.40. The van der Waals surface area contributed by atoms with Gasteiger partial charge in [-0.15, -0.1) is 0 Å². The topological polar surface area (TPSA) is 21.7 Å². The van der Waals surface area contributed by atoms with Gasteiger partial charge in [-0.05, 0) is 42.4 Å². The standard InChI is InChI=1S/C28H33NO2/c1-4-12-25(13-5-1)18-21-29-20-11-10-19-28(29,31-23-27-16-8-3-9-17-27)24-30-22-26-14-6-2-7-15-26/h1-9,12-17H,10-11,18-24H2. The van der Waals surface area contributed by atoms with Crippen LogP contribution in [-0.2, 0) is 29.1 Å².